The van der Waals surface area contributed by atoms with E-state index in [0.717, 1.165) is 0 Å². The zero-order chi connectivity index (χ0) is 21.9. The third-order valence-electron chi connectivity index (χ3n) is 5.06. The second-order valence-corrected chi connectivity index (χ2v) is 8.91. The summed E-state index contributed by atoms with van der Waals surface area (Å²) < 4.78 is 39.5. The van der Waals surface area contributed by atoms with E-state index < -0.39 is 16.1 Å². The number of hydrogen-bond donors (Lipinski definition) is 1. The van der Waals surface area contributed by atoms with Gasteiger partial charge in [0, 0.05) is 37.3 Å². The van der Waals surface area contributed by atoms with Crippen LogP contribution in [0.1, 0.15) is 30.6 Å². The number of sulfonamides is 1. The van der Waals surface area contributed by atoms with Gasteiger partial charge in [0.15, 0.2) is 0 Å². The number of benzene rings is 2. The maximum absolute atomic E-state index is 13.1. The quantitative estimate of drug-likeness (QED) is 0.726. The molecule has 0 saturated carbocycles. The van der Waals surface area contributed by atoms with Gasteiger partial charge in [0.05, 0.1) is 10.9 Å². The summed E-state index contributed by atoms with van der Waals surface area (Å²) in [6, 6.07) is 10.9. The predicted molar refractivity (Wildman–Crippen MR) is 111 cm³/mol. The fourth-order valence-corrected chi connectivity index (χ4v) is 4.89. The van der Waals surface area contributed by atoms with E-state index in [2.05, 4.69) is 5.32 Å². The summed E-state index contributed by atoms with van der Waals surface area (Å²) in [6.45, 7) is 4.54. The van der Waals surface area contributed by atoms with Gasteiger partial charge in [-0.1, -0.05) is 13.8 Å². The topological polar surface area (TPSA) is 86.8 Å². The molecule has 0 bridgehead atoms. The van der Waals surface area contributed by atoms with Crippen molar-refractivity contribution >= 4 is 27.5 Å². The largest absolute Gasteiger partial charge is 0.347 e. The number of halogens is 1. The summed E-state index contributed by atoms with van der Waals surface area (Å²) in [5.41, 5.74) is 0.880. The summed E-state index contributed by atoms with van der Waals surface area (Å²) in [5, 5.41) is 2.80. The van der Waals surface area contributed by atoms with Crippen LogP contribution in [0.4, 0.5) is 10.1 Å². The third-order valence-corrected chi connectivity index (χ3v) is 7.12. The lowest BCUT2D eigenvalue weighted by atomic mass is 10.2. The minimum Gasteiger partial charge on any atom is -0.347 e. The lowest BCUT2D eigenvalue weighted by molar-refractivity contribution is -0.117. The van der Waals surface area contributed by atoms with Gasteiger partial charge in [-0.15, -0.1) is 0 Å². The smallest absolute Gasteiger partial charge is 0.251 e. The van der Waals surface area contributed by atoms with Crippen molar-refractivity contribution in [3.05, 3.63) is 59.9 Å². The summed E-state index contributed by atoms with van der Waals surface area (Å²) in [7, 11) is -3.59. The average molecular weight is 434 g/mol. The highest BCUT2D eigenvalue weighted by molar-refractivity contribution is 7.89. The molecule has 1 heterocycles. The van der Waals surface area contributed by atoms with Crippen molar-refractivity contribution in [2.75, 3.05) is 24.5 Å². The first-order valence-corrected chi connectivity index (χ1v) is 11.2. The minimum atomic E-state index is -3.59. The average Bonchev–Trinajstić information content (AvgIpc) is 3.09. The molecule has 0 unspecified atom stereocenters. The Morgan fingerprint density at radius 1 is 1.10 bits per heavy atom. The highest BCUT2D eigenvalue weighted by atomic mass is 32.2. The minimum absolute atomic E-state index is 0.126. The first-order valence-electron chi connectivity index (χ1n) is 9.73. The second kappa shape index (κ2) is 8.93. The number of hydrogen-bond acceptors (Lipinski definition) is 4. The van der Waals surface area contributed by atoms with E-state index in [9.17, 15) is 22.4 Å². The summed E-state index contributed by atoms with van der Waals surface area (Å²) in [4.78, 5) is 26.5. The molecule has 160 valence electrons. The number of carbonyl (C=O) groups is 2. The van der Waals surface area contributed by atoms with E-state index in [4.69, 9.17) is 0 Å². The third kappa shape index (κ3) is 4.52. The Morgan fingerprint density at radius 3 is 2.27 bits per heavy atom. The Balaban J connectivity index is 1.66. The van der Waals surface area contributed by atoms with Gasteiger partial charge in [-0.2, -0.15) is 4.31 Å². The zero-order valence-electron chi connectivity index (χ0n) is 16.8. The maximum Gasteiger partial charge on any atom is 0.251 e. The van der Waals surface area contributed by atoms with Crippen molar-refractivity contribution in [2.24, 2.45) is 0 Å². The molecule has 0 aliphatic carbocycles. The van der Waals surface area contributed by atoms with Crippen LogP contribution in [0.2, 0.25) is 0 Å². The van der Waals surface area contributed by atoms with Gasteiger partial charge in [-0.25, -0.2) is 12.8 Å². The van der Waals surface area contributed by atoms with Crippen LogP contribution in [0.25, 0.3) is 0 Å². The molecule has 0 radical (unpaired) electrons. The SMILES string of the molecule is CCN(CC)S(=O)(=O)c1ccc(C(=O)N[C@@H]2CC(=O)N(c3ccc(F)cc3)C2)cc1. The molecule has 0 spiro atoms. The molecule has 2 amide bonds. The van der Waals surface area contributed by atoms with Crippen molar-refractivity contribution in [1.29, 1.82) is 0 Å². The molecule has 30 heavy (non-hydrogen) atoms. The number of nitrogens with zero attached hydrogens (tertiary/aromatic N) is 2. The maximum atomic E-state index is 13.1. The van der Waals surface area contributed by atoms with Crippen molar-refractivity contribution in [2.45, 2.75) is 31.2 Å². The molecule has 0 aromatic heterocycles. The number of carbonyl (C=O) groups excluding carboxylic acids is 2. The molecule has 1 atom stereocenters. The Hall–Kier alpha value is -2.78. The highest BCUT2D eigenvalue weighted by Gasteiger charge is 2.32. The van der Waals surface area contributed by atoms with Crippen LogP contribution >= 0.6 is 0 Å². The van der Waals surface area contributed by atoms with Gasteiger partial charge in [0.1, 0.15) is 5.82 Å². The standard InChI is InChI=1S/C21H24FN3O4S/c1-3-24(4-2)30(28,29)19-11-5-15(6-12-19)21(27)23-17-13-20(26)25(14-17)18-9-7-16(22)8-10-18/h5-12,17H,3-4,13-14H2,1-2H3,(H,23,27)/t17-/m1/s1. The molecule has 1 aliphatic rings. The molecule has 2 aromatic carbocycles. The first kappa shape index (κ1) is 21.9. The van der Waals surface area contributed by atoms with Crippen LogP contribution in [-0.4, -0.2) is 50.2 Å². The van der Waals surface area contributed by atoms with Crippen molar-refractivity contribution in [1.82, 2.24) is 9.62 Å². The van der Waals surface area contributed by atoms with Crippen LogP contribution < -0.4 is 10.2 Å². The normalized spacial score (nSPS) is 16.9. The molecule has 1 aliphatic heterocycles. The van der Waals surface area contributed by atoms with Gasteiger partial charge >= 0.3 is 0 Å². The van der Waals surface area contributed by atoms with Crippen LogP contribution in [0.3, 0.4) is 0 Å². The zero-order valence-corrected chi connectivity index (χ0v) is 17.7. The van der Waals surface area contributed by atoms with Crippen LogP contribution in [0.15, 0.2) is 53.4 Å². The van der Waals surface area contributed by atoms with E-state index in [1.165, 1.54) is 57.7 Å². The second-order valence-electron chi connectivity index (χ2n) is 6.97. The first-order chi connectivity index (χ1) is 14.3. The molecule has 1 fully saturated rings. The molecule has 9 heteroatoms. The van der Waals surface area contributed by atoms with Crippen LogP contribution in [0.5, 0.6) is 0 Å². The summed E-state index contributed by atoms with van der Waals surface area (Å²) >= 11 is 0. The Labute approximate surface area is 175 Å². The number of amides is 2. The van der Waals surface area contributed by atoms with Gasteiger partial charge in [0.25, 0.3) is 5.91 Å². The highest BCUT2D eigenvalue weighted by Crippen LogP contribution is 2.22. The summed E-state index contributed by atoms with van der Waals surface area (Å²) in [6.07, 6.45) is 0.136. The van der Waals surface area contributed by atoms with Crippen molar-refractivity contribution in [3.8, 4) is 0 Å². The number of rotatable bonds is 7. The van der Waals surface area contributed by atoms with Gasteiger partial charge in [-0.3, -0.25) is 9.59 Å². The van der Waals surface area contributed by atoms with E-state index in [1.807, 2.05) is 0 Å². The number of nitrogens with one attached hydrogen (secondary N) is 1. The fraction of sp³-hybridized carbons (Fsp3) is 0.333. The van der Waals surface area contributed by atoms with Gasteiger partial charge in [-0.05, 0) is 48.5 Å². The van der Waals surface area contributed by atoms with Crippen molar-refractivity contribution in [3.63, 3.8) is 0 Å². The number of anilines is 1. The lowest BCUT2D eigenvalue weighted by Gasteiger charge is -2.19. The monoisotopic (exact) mass is 433 g/mol. The van der Waals surface area contributed by atoms with Crippen LogP contribution in [0, 0.1) is 5.82 Å². The molecule has 1 saturated heterocycles. The Bertz CT molecular complexity index is 1020. The molecular weight excluding hydrogens is 409 g/mol. The fourth-order valence-electron chi connectivity index (χ4n) is 3.43. The van der Waals surface area contributed by atoms with Crippen LogP contribution in [-0.2, 0) is 14.8 Å². The van der Waals surface area contributed by atoms with E-state index in [0.29, 0.717) is 24.3 Å². The Morgan fingerprint density at radius 2 is 1.70 bits per heavy atom. The van der Waals surface area contributed by atoms with Crippen molar-refractivity contribution < 1.29 is 22.4 Å². The van der Waals surface area contributed by atoms with Gasteiger partial charge < -0.3 is 10.2 Å². The molecule has 2 aromatic rings. The molecule has 7 nitrogen and oxygen atoms in total. The summed E-state index contributed by atoms with van der Waals surface area (Å²) in [5.74, 6) is -0.935. The molecule has 3 rings (SSSR count). The lowest BCUT2D eigenvalue weighted by Crippen LogP contribution is -2.37. The van der Waals surface area contributed by atoms with E-state index in [-0.39, 0.29) is 35.5 Å². The Kier molecular flexibility index (Phi) is 6.52. The van der Waals surface area contributed by atoms with E-state index >= 15 is 0 Å². The predicted octanol–water partition coefficient (Wildman–Crippen LogP) is 2.39. The van der Waals surface area contributed by atoms with E-state index in [1.54, 1.807) is 13.8 Å². The molecule has 1 N–H and O–H groups in total. The molecular formula is C21H24FN3O4S. The van der Waals surface area contributed by atoms with Gasteiger partial charge in [0.2, 0.25) is 15.9 Å².